The van der Waals surface area contributed by atoms with E-state index in [9.17, 15) is 14.4 Å². The van der Waals surface area contributed by atoms with Crippen LogP contribution in [0.4, 0.5) is 4.79 Å². The number of hydrogen-bond acceptors (Lipinski definition) is 5. The monoisotopic (exact) mass is 381 g/mol. The first-order valence-corrected chi connectivity index (χ1v) is 8.92. The lowest BCUT2D eigenvalue weighted by Gasteiger charge is -2.11. The van der Waals surface area contributed by atoms with E-state index in [-0.39, 0.29) is 18.9 Å². The fraction of sp³-hybridized carbons (Fsp3) is 0.263. The first-order chi connectivity index (χ1) is 13.6. The van der Waals surface area contributed by atoms with Crippen LogP contribution in [0.25, 0.3) is 11.0 Å². The van der Waals surface area contributed by atoms with Crippen LogP contribution < -0.4 is 10.6 Å². The minimum Gasteiger partial charge on any atom is -0.467 e. The molecule has 1 aliphatic rings. The Morgan fingerprint density at radius 2 is 2.07 bits per heavy atom. The van der Waals surface area contributed by atoms with Gasteiger partial charge in [-0.25, -0.2) is 9.78 Å². The molecule has 4 rings (SSSR count). The normalized spacial score (nSPS) is 16.6. The third kappa shape index (κ3) is 3.59. The van der Waals surface area contributed by atoms with Crippen molar-refractivity contribution >= 4 is 28.9 Å². The van der Waals surface area contributed by atoms with Crippen molar-refractivity contribution in [3.63, 3.8) is 0 Å². The minimum atomic E-state index is -0.864. The summed E-state index contributed by atoms with van der Waals surface area (Å²) in [5.41, 5.74) is 1.88. The third-order valence-electron chi connectivity index (χ3n) is 4.59. The molecule has 1 atom stereocenters. The van der Waals surface area contributed by atoms with Crippen LogP contribution in [0.1, 0.15) is 12.2 Å². The molecule has 1 aromatic carbocycles. The van der Waals surface area contributed by atoms with E-state index in [1.54, 1.807) is 18.5 Å². The number of hydrogen-bond donors (Lipinski definition) is 2. The molecule has 0 saturated carbocycles. The SMILES string of the molecule is O=C(C[C@H]1NC(=O)N(Cc2ccco2)C1=O)NCCn1cnc2ccccc21. The number of para-hydroxylation sites is 2. The molecule has 2 N–H and O–H groups in total. The molecule has 3 heterocycles. The van der Waals surface area contributed by atoms with E-state index in [4.69, 9.17) is 4.42 Å². The number of imide groups is 1. The number of nitrogens with zero attached hydrogens (tertiary/aromatic N) is 3. The van der Waals surface area contributed by atoms with Crippen molar-refractivity contribution in [2.75, 3.05) is 6.54 Å². The molecular weight excluding hydrogens is 362 g/mol. The summed E-state index contributed by atoms with van der Waals surface area (Å²) >= 11 is 0. The molecule has 0 spiro atoms. The van der Waals surface area contributed by atoms with Gasteiger partial charge in [0.15, 0.2) is 0 Å². The summed E-state index contributed by atoms with van der Waals surface area (Å²) in [4.78, 5) is 41.9. The van der Waals surface area contributed by atoms with E-state index in [0.717, 1.165) is 15.9 Å². The lowest BCUT2D eigenvalue weighted by molar-refractivity contribution is -0.131. The van der Waals surface area contributed by atoms with Gasteiger partial charge in [-0.1, -0.05) is 12.1 Å². The van der Waals surface area contributed by atoms with Gasteiger partial charge in [-0.15, -0.1) is 0 Å². The predicted molar refractivity (Wildman–Crippen MR) is 98.9 cm³/mol. The molecule has 0 unspecified atom stereocenters. The van der Waals surface area contributed by atoms with E-state index in [0.29, 0.717) is 18.8 Å². The van der Waals surface area contributed by atoms with Crippen LogP contribution >= 0.6 is 0 Å². The molecule has 2 aromatic heterocycles. The van der Waals surface area contributed by atoms with Gasteiger partial charge in [0.25, 0.3) is 5.91 Å². The third-order valence-corrected chi connectivity index (χ3v) is 4.59. The quantitative estimate of drug-likeness (QED) is 0.599. The maximum atomic E-state index is 12.4. The molecule has 144 valence electrons. The highest BCUT2D eigenvalue weighted by molar-refractivity contribution is 6.05. The number of fused-ring (bicyclic) bond motifs is 1. The molecule has 1 saturated heterocycles. The number of carbonyl (C=O) groups excluding carboxylic acids is 3. The zero-order chi connectivity index (χ0) is 19.5. The van der Waals surface area contributed by atoms with Gasteiger partial charge in [-0.05, 0) is 24.3 Å². The second-order valence-electron chi connectivity index (χ2n) is 6.49. The average molecular weight is 381 g/mol. The van der Waals surface area contributed by atoms with Crippen molar-refractivity contribution in [2.24, 2.45) is 0 Å². The van der Waals surface area contributed by atoms with Gasteiger partial charge < -0.3 is 19.6 Å². The molecule has 1 fully saturated rings. The molecule has 4 amide bonds. The topological polar surface area (TPSA) is 109 Å². The Balaban J connectivity index is 1.28. The molecule has 0 bridgehead atoms. The maximum Gasteiger partial charge on any atom is 0.325 e. The molecule has 9 nitrogen and oxygen atoms in total. The Labute approximate surface area is 160 Å². The standard InChI is InChI=1S/C19H19N5O4/c25-17(20-7-8-23-12-21-14-5-1-2-6-16(14)23)10-15-18(26)24(19(27)22-15)11-13-4-3-9-28-13/h1-6,9,12,15H,7-8,10-11H2,(H,20,25)(H,22,27)/t15-/m1/s1. The number of carbonyl (C=O) groups is 3. The molecular formula is C19H19N5O4. The van der Waals surface area contributed by atoms with Crippen LogP contribution in [0, 0.1) is 0 Å². The Morgan fingerprint density at radius 1 is 1.21 bits per heavy atom. The van der Waals surface area contributed by atoms with Crippen LogP contribution in [0.2, 0.25) is 0 Å². The summed E-state index contributed by atoms with van der Waals surface area (Å²) in [6, 6.07) is 9.71. The largest absolute Gasteiger partial charge is 0.467 e. The zero-order valence-electron chi connectivity index (χ0n) is 15.0. The van der Waals surface area contributed by atoms with Crippen molar-refractivity contribution in [1.29, 1.82) is 0 Å². The highest BCUT2D eigenvalue weighted by Crippen LogP contribution is 2.14. The number of benzene rings is 1. The Hall–Kier alpha value is -3.62. The van der Waals surface area contributed by atoms with Gasteiger partial charge in [0.2, 0.25) is 5.91 Å². The van der Waals surface area contributed by atoms with Gasteiger partial charge in [-0.2, -0.15) is 0 Å². The van der Waals surface area contributed by atoms with Gasteiger partial charge in [0.1, 0.15) is 11.8 Å². The summed E-state index contributed by atoms with van der Waals surface area (Å²) in [6.07, 6.45) is 3.09. The molecule has 0 aliphatic carbocycles. The summed E-state index contributed by atoms with van der Waals surface area (Å²) in [5.74, 6) is -0.235. The Kier molecular flexibility index (Phi) is 4.79. The number of imidazole rings is 1. The van der Waals surface area contributed by atoms with Gasteiger partial charge in [-0.3, -0.25) is 14.5 Å². The lowest BCUT2D eigenvalue weighted by atomic mass is 10.2. The summed E-state index contributed by atoms with van der Waals surface area (Å²) < 4.78 is 7.11. The van der Waals surface area contributed by atoms with E-state index in [2.05, 4.69) is 15.6 Å². The van der Waals surface area contributed by atoms with Crippen molar-refractivity contribution < 1.29 is 18.8 Å². The first-order valence-electron chi connectivity index (χ1n) is 8.92. The zero-order valence-corrected chi connectivity index (χ0v) is 15.0. The van der Waals surface area contributed by atoms with E-state index >= 15 is 0 Å². The summed E-state index contributed by atoms with van der Waals surface area (Å²) in [6.45, 7) is 0.996. The smallest absolute Gasteiger partial charge is 0.325 e. The molecule has 3 aromatic rings. The number of amides is 4. The number of rotatable bonds is 7. The average Bonchev–Trinajstić information content (AvgIpc) is 3.40. The van der Waals surface area contributed by atoms with E-state index < -0.39 is 18.0 Å². The lowest BCUT2D eigenvalue weighted by Crippen LogP contribution is -2.37. The highest BCUT2D eigenvalue weighted by atomic mass is 16.3. The van der Waals surface area contributed by atoms with Crippen LogP contribution in [-0.2, 0) is 22.7 Å². The second kappa shape index (κ2) is 7.55. The number of aromatic nitrogens is 2. The van der Waals surface area contributed by atoms with Crippen LogP contribution in [0.5, 0.6) is 0 Å². The molecule has 1 aliphatic heterocycles. The van der Waals surface area contributed by atoms with Crippen molar-refractivity contribution in [2.45, 2.75) is 25.6 Å². The van der Waals surface area contributed by atoms with Crippen molar-refractivity contribution in [1.82, 2.24) is 25.1 Å². The summed E-state index contributed by atoms with van der Waals surface area (Å²) in [7, 11) is 0. The maximum absolute atomic E-state index is 12.4. The van der Waals surface area contributed by atoms with Crippen LogP contribution in [-0.4, -0.2) is 44.9 Å². The second-order valence-corrected chi connectivity index (χ2v) is 6.49. The van der Waals surface area contributed by atoms with Crippen molar-refractivity contribution in [3.05, 3.63) is 54.7 Å². The van der Waals surface area contributed by atoms with E-state index in [1.807, 2.05) is 28.8 Å². The van der Waals surface area contributed by atoms with Gasteiger partial charge in [0.05, 0.1) is 36.6 Å². The summed E-state index contributed by atoms with van der Waals surface area (Å²) in [5, 5.41) is 5.33. The predicted octanol–water partition coefficient (Wildman–Crippen LogP) is 1.26. The minimum absolute atomic E-state index is 0.0451. The fourth-order valence-corrected chi connectivity index (χ4v) is 3.19. The Morgan fingerprint density at radius 3 is 2.89 bits per heavy atom. The number of urea groups is 1. The molecule has 9 heteroatoms. The first kappa shape index (κ1) is 17.8. The molecule has 0 radical (unpaired) electrons. The van der Waals surface area contributed by atoms with Crippen LogP contribution in [0.3, 0.4) is 0 Å². The highest BCUT2D eigenvalue weighted by Gasteiger charge is 2.39. The van der Waals surface area contributed by atoms with E-state index in [1.165, 1.54) is 6.26 Å². The number of furan rings is 1. The molecule has 28 heavy (non-hydrogen) atoms. The fourth-order valence-electron chi connectivity index (χ4n) is 3.19. The van der Waals surface area contributed by atoms with Gasteiger partial charge in [0, 0.05) is 13.1 Å². The van der Waals surface area contributed by atoms with Crippen molar-refractivity contribution in [3.8, 4) is 0 Å². The van der Waals surface area contributed by atoms with Crippen LogP contribution in [0.15, 0.2) is 53.4 Å². The van der Waals surface area contributed by atoms with Gasteiger partial charge >= 0.3 is 6.03 Å². The Bertz CT molecular complexity index is 1010. The number of nitrogens with one attached hydrogen (secondary N) is 2.